The molecule has 0 amide bonds. The van der Waals surface area contributed by atoms with Crippen LogP contribution in [0.15, 0.2) is 12.2 Å². The van der Waals surface area contributed by atoms with Gasteiger partial charge >= 0.3 is 5.97 Å². The summed E-state index contributed by atoms with van der Waals surface area (Å²) in [5, 5.41) is 8.48. The van der Waals surface area contributed by atoms with Crippen LogP contribution in [0.3, 0.4) is 0 Å². The summed E-state index contributed by atoms with van der Waals surface area (Å²) in [4.78, 5) is 10.3. The van der Waals surface area contributed by atoms with Crippen LogP contribution in [0.25, 0.3) is 0 Å². The van der Waals surface area contributed by atoms with Gasteiger partial charge in [-0.3, -0.25) is 4.79 Å². The minimum atomic E-state index is -0.715. The van der Waals surface area contributed by atoms with Crippen molar-refractivity contribution >= 4 is 5.97 Å². The second-order valence-corrected chi connectivity index (χ2v) is 3.69. The summed E-state index contributed by atoms with van der Waals surface area (Å²) < 4.78 is 0. The van der Waals surface area contributed by atoms with Gasteiger partial charge in [-0.15, -0.1) is 0 Å². The summed E-state index contributed by atoms with van der Waals surface area (Å²) >= 11 is 0. The highest BCUT2D eigenvalue weighted by Crippen LogP contribution is 2.23. The minimum Gasteiger partial charge on any atom is -0.481 e. The molecule has 0 aromatic heterocycles. The summed E-state index contributed by atoms with van der Waals surface area (Å²) in [7, 11) is 0. The first-order valence-corrected chi connectivity index (χ1v) is 4.37. The molecule has 0 spiro atoms. The van der Waals surface area contributed by atoms with Crippen molar-refractivity contribution < 1.29 is 9.90 Å². The molecule has 0 unspecified atom stereocenters. The molecule has 0 aliphatic carbocycles. The van der Waals surface area contributed by atoms with Gasteiger partial charge in [0.15, 0.2) is 0 Å². The molecule has 1 N–H and O–H groups in total. The molecule has 0 aliphatic rings. The van der Waals surface area contributed by atoms with Crippen molar-refractivity contribution in [1.82, 2.24) is 0 Å². The quantitative estimate of drug-likeness (QED) is 0.644. The van der Waals surface area contributed by atoms with Crippen LogP contribution in [-0.2, 0) is 4.79 Å². The number of carboxylic acid groups (broad SMARTS) is 1. The molecule has 0 saturated carbocycles. The van der Waals surface area contributed by atoms with Crippen LogP contribution < -0.4 is 0 Å². The maximum atomic E-state index is 10.3. The van der Waals surface area contributed by atoms with Gasteiger partial charge in [-0.05, 0) is 18.3 Å². The van der Waals surface area contributed by atoms with Crippen molar-refractivity contribution in [2.75, 3.05) is 0 Å². The maximum Gasteiger partial charge on any atom is 0.303 e. The number of rotatable bonds is 5. The molecule has 0 aliphatic heterocycles. The lowest BCUT2D eigenvalue weighted by Gasteiger charge is -2.18. The maximum absolute atomic E-state index is 10.3. The van der Waals surface area contributed by atoms with Crippen molar-refractivity contribution in [3.05, 3.63) is 12.2 Å². The lowest BCUT2D eigenvalue weighted by Crippen LogP contribution is -2.10. The predicted molar refractivity (Wildman–Crippen MR) is 50.1 cm³/mol. The van der Waals surface area contributed by atoms with E-state index in [0.29, 0.717) is 6.42 Å². The zero-order valence-corrected chi connectivity index (χ0v) is 8.13. The first-order chi connectivity index (χ1) is 5.48. The lowest BCUT2D eigenvalue weighted by atomic mass is 9.87. The van der Waals surface area contributed by atoms with Gasteiger partial charge in [-0.2, -0.15) is 0 Å². The van der Waals surface area contributed by atoms with Crippen LogP contribution in [0.1, 0.15) is 40.0 Å². The van der Waals surface area contributed by atoms with E-state index in [9.17, 15) is 4.79 Å². The summed E-state index contributed by atoms with van der Waals surface area (Å²) in [6, 6.07) is 0. The number of allylic oxidation sites excluding steroid dienone is 2. The molecular formula is C10H18O2. The number of carbonyl (C=O) groups is 1. The van der Waals surface area contributed by atoms with Gasteiger partial charge in [0.05, 0.1) is 0 Å². The van der Waals surface area contributed by atoms with Crippen molar-refractivity contribution in [2.45, 2.75) is 40.0 Å². The second-order valence-electron chi connectivity index (χ2n) is 3.69. The predicted octanol–water partition coefficient (Wildman–Crippen LogP) is 2.84. The van der Waals surface area contributed by atoms with Crippen molar-refractivity contribution in [3.63, 3.8) is 0 Å². The zero-order chi connectivity index (χ0) is 9.61. The van der Waals surface area contributed by atoms with Crippen LogP contribution in [0.4, 0.5) is 0 Å². The van der Waals surface area contributed by atoms with E-state index in [2.05, 4.69) is 32.9 Å². The standard InChI is InChI=1S/C10H18O2/c1-4-5-7-10(2,3)8-6-9(11)12/h5,7H,4,6,8H2,1-3H3,(H,11,12)/b7-5+. The molecule has 12 heavy (non-hydrogen) atoms. The third-order valence-corrected chi connectivity index (χ3v) is 1.79. The first-order valence-electron chi connectivity index (χ1n) is 4.37. The average Bonchev–Trinajstić information content (AvgIpc) is 1.98. The fourth-order valence-electron chi connectivity index (χ4n) is 0.949. The summed E-state index contributed by atoms with van der Waals surface area (Å²) in [5.41, 5.74) is 0.0222. The van der Waals surface area contributed by atoms with Gasteiger partial charge < -0.3 is 5.11 Å². The van der Waals surface area contributed by atoms with Gasteiger partial charge in [-0.1, -0.05) is 32.9 Å². The number of aliphatic carboxylic acids is 1. The Kier molecular flexibility index (Phi) is 4.64. The van der Waals surface area contributed by atoms with E-state index in [-0.39, 0.29) is 11.8 Å². The third kappa shape index (κ3) is 5.96. The Labute approximate surface area is 74.3 Å². The molecule has 0 rings (SSSR count). The van der Waals surface area contributed by atoms with E-state index in [1.54, 1.807) is 0 Å². The molecule has 0 saturated heterocycles. The summed E-state index contributed by atoms with van der Waals surface area (Å²) in [6.07, 6.45) is 6.15. The van der Waals surface area contributed by atoms with Crippen molar-refractivity contribution in [2.24, 2.45) is 5.41 Å². The Hall–Kier alpha value is -0.790. The van der Waals surface area contributed by atoms with E-state index < -0.39 is 5.97 Å². The SMILES string of the molecule is CC/C=C/C(C)(C)CCC(=O)O. The fraction of sp³-hybridized carbons (Fsp3) is 0.700. The Morgan fingerprint density at radius 3 is 2.50 bits per heavy atom. The lowest BCUT2D eigenvalue weighted by molar-refractivity contribution is -0.137. The van der Waals surface area contributed by atoms with E-state index in [4.69, 9.17) is 5.11 Å². The molecule has 2 heteroatoms. The molecule has 0 bridgehead atoms. The van der Waals surface area contributed by atoms with Crippen LogP contribution in [0.2, 0.25) is 0 Å². The van der Waals surface area contributed by atoms with Crippen LogP contribution in [0.5, 0.6) is 0 Å². The van der Waals surface area contributed by atoms with E-state index in [0.717, 1.165) is 6.42 Å². The molecule has 0 radical (unpaired) electrons. The number of hydrogen-bond donors (Lipinski definition) is 1. The summed E-state index contributed by atoms with van der Waals surface area (Å²) in [5.74, 6) is -0.715. The van der Waals surface area contributed by atoms with Crippen LogP contribution in [-0.4, -0.2) is 11.1 Å². The Morgan fingerprint density at radius 1 is 1.50 bits per heavy atom. The zero-order valence-electron chi connectivity index (χ0n) is 8.13. The average molecular weight is 170 g/mol. The van der Waals surface area contributed by atoms with E-state index in [1.165, 1.54) is 0 Å². The minimum absolute atomic E-state index is 0.0222. The number of hydrogen-bond acceptors (Lipinski definition) is 1. The monoisotopic (exact) mass is 170 g/mol. The topological polar surface area (TPSA) is 37.3 Å². The summed E-state index contributed by atoms with van der Waals surface area (Å²) in [6.45, 7) is 6.19. The van der Waals surface area contributed by atoms with Gasteiger partial charge in [0, 0.05) is 6.42 Å². The molecule has 0 fully saturated rings. The van der Waals surface area contributed by atoms with E-state index in [1.807, 2.05) is 0 Å². The molecule has 0 aromatic carbocycles. The third-order valence-electron chi connectivity index (χ3n) is 1.79. The van der Waals surface area contributed by atoms with Crippen LogP contribution >= 0.6 is 0 Å². The normalized spacial score (nSPS) is 12.2. The Bertz CT molecular complexity index is 169. The molecule has 70 valence electrons. The molecule has 0 aromatic rings. The largest absolute Gasteiger partial charge is 0.481 e. The highest BCUT2D eigenvalue weighted by molar-refractivity contribution is 5.66. The molecule has 0 heterocycles. The second kappa shape index (κ2) is 4.96. The first kappa shape index (κ1) is 11.2. The van der Waals surface area contributed by atoms with Crippen molar-refractivity contribution in [3.8, 4) is 0 Å². The highest BCUT2D eigenvalue weighted by atomic mass is 16.4. The van der Waals surface area contributed by atoms with Crippen molar-refractivity contribution in [1.29, 1.82) is 0 Å². The highest BCUT2D eigenvalue weighted by Gasteiger charge is 2.14. The van der Waals surface area contributed by atoms with Gasteiger partial charge in [0.25, 0.3) is 0 Å². The molecular weight excluding hydrogens is 152 g/mol. The number of carboxylic acids is 1. The van der Waals surface area contributed by atoms with Crippen LogP contribution in [0, 0.1) is 5.41 Å². The Balaban J connectivity index is 3.86. The van der Waals surface area contributed by atoms with Gasteiger partial charge in [0.2, 0.25) is 0 Å². The smallest absolute Gasteiger partial charge is 0.303 e. The Morgan fingerprint density at radius 2 is 2.08 bits per heavy atom. The van der Waals surface area contributed by atoms with Gasteiger partial charge in [0.1, 0.15) is 0 Å². The van der Waals surface area contributed by atoms with Gasteiger partial charge in [-0.25, -0.2) is 0 Å². The fourth-order valence-corrected chi connectivity index (χ4v) is 0.949. The molecule has 2 nitrogen and oxygen atoms in total. The van der Waals surface area contributed by atoms with E-state index >= 15 is 0 Å². The molecule has 0 atom stereocenters.